The monoisotopic (exact) mass is 429 g/mol. The van der Waals surface area contributed by atoms with Crippen LogP contribution in [0.15, 0.2) is 61.2 Å². The van der Waals surface area contributed by atoms with Crippen molar-refractivity contribution in [3.8, 4) is 11.8 Å². The van der Waals surface area contributed by atoms with Gasteiger partial charge in [0.15, 0.2) is 0 Å². The molecule has 1 unspecified atom stereocenters. The first-order chi connectivity index (χ1) is 15.6. The topological polar surface area (TPSA) is 50.1 Å². The smallest absolute Gasteiger partial charge is 0.343 e. The van der Waals surface area contributed by atoms with Crippen molar-refractivity contribution >= 4 is 5.97 Å². The lowest BCUT2D eigenvalue weighted by Crippen LogP contribution is -2.20. The number of hydrogen-bond donors (Lipinski definition) is 0. The normalized spacial score (nSPS) is 19.0. The Morgan fingerprint density at radius 3 is 2.38 bits per heavy atom. The highest BCUT2D eigenvalue weighted by atomic mass is 16.5. The number of ether oxygens (including phenoxy) is 1. The third-order valence-electron chi connectivity index (χ3n) is 6.87. The number of rotatable bonds is 10. The second kappa shape index (κ2) is 12.2. The molecule has 0 bridgehead atoms. The van der Waals surface area contributed by atoms with Crippen LogP contribution in [-0.4, -0.2) is 5.97 Å². The number of hydrogen-bond acceptors (Lipinski definition) is 3. The fraction of sp³-hybridized carbons (Fsp3) is 0.448. The summed E-state index contributed by atoms with van der Waals surface area (Å²) in [5.41, 5.74) is 2.36. The number of nitrogens with zero attached hydrogens (tertiary/aromatic N) is 1. The van der Waals surface area contributed by atoms with Crippen LogP contribution in [0, 0.1) is 23.2 Å². The number of nitriles is 1. The van der Waals surface area contributed by atoms with E-state index >= 15 is 0 Å². The summed E-state index contributed by atoms with van der Waals surface area (Å²) in [5, 5.41) is 8.88. The van der Waals surface area contributed by atoms with Crippen molar-refractivity contribution in [2.75, 3.05) is 0 Å². The van der Waals surface area contributed by atoms with Gasteiger partial charge in [-0.2, -0.15) is 5.26 Å². The molecule has 1 aliphatic rings. The second-order valence-corrected chi connectivity index (χ2v) is 9.06. The van der Waals surface area contributed by atoms with E-state index in [0.29, 0.717) is 28.7 Å². The van der Waals surface area contributed by atoms with Gasteiger partial charge in [0.1, 0.15) is 5.75 Å². The summed E-state index contributed by atoms with van der Waals surface area (Å²) >= 11 is 0. The molecule has 1 fully saturated rings. The molecule has 1 atom stereocenters. The molecule has 0 N–H and O–H groups in total. The summed E-state index contributed by atoms with van der Waals surface area (Å²) in [6, 6.07) is 16.5. The molecule has 32 heavy (non-hydrogen) atoms. The minimum absolute atomic E-state index is 0.380. The van der Waals surface area contributed by atoms with Gasteiger partial charge in [0.05, 0.1) is 17.2 Å². The maximum absolute atomic E-state index is 12.5. The van der Waals surface area contributed by atoms with Gasteiger partial charge in [-0.05, 0) is 79.0 Å². The van der Waals surface area contributed by atoms with Crippen molar-refractivity contribution in [2.24, 2.45) is 11.8 Å². The highest BCUT2D eigenvalue weighted by Crippen LogP contribution is 2.41. The molecule has 0 radical (unpaired) electrons. The van der Waals surface area contributed by atoms with Crippen LogP contribution in [0.25, 0.3) is 0 Å². The molecule has 3 rings (SSSR count). The van der Waals surface area contributed by atoms with Crippen molar-refractivity contribution < 1.29 is 9.53 Å². The van der Waals surface area contributed by atoms with E-state index in [1.54, 1.807) is 24.3 Å². The van der Waals surface area contributed by atoms with E-state index in [-0.39, 0.29) is 5.97 Å². The van der Waals surface area contributed by atoms with Gasteiger partial charge in [-0.3, -0.25) is 0 Å². The Morgan fingerprint density at radius 2 is 1.78 bits per heavy atom. The van der Waals surface area contributed by atoms with E-state index in [2.05, 4.69) is 31.7 Å². The summed E-state index contributed by atoms with van der Waals surface area (Å²) in [6.07, 6.45) is 13.7. The molecule has 0 heterocycles. The van der Waals surface area contributed by atoms with Gasteiger partial charge in [-0.25, -0.2) is 4.79 Å². The van der Waals surface area contributed by atoms with Gasteiger partial charge in [-0.1, -0.05) is 63.7 Å². The second-order valence-electron chi connectivity index (χ2n) is 9.06. The zero-order valence-electron chi connectivity index (χ0n) is 19.3. The van der Waals surface area contributed by atoms with E-state index in [4.69, 9.17) is 10.00 Å². The quantitative estimate of drug-likeness (QED) is 0.167. The van der Waals surface area contributed by atoms with E-state index in [0.717, 1.165) is 12.3 Å². The fourth-order valence-electron chi connectivity index (χ4n) is 4.97. The molecule has 0 aliphatic heterocycles. The van der Waals surface area contributed by atoms with Crippen molar-refractivity contribution in [2.45, 2.75) is 70.6 Å². The van der Waals surface area contributed by atoms with Crippen molar-refractivity contribution in [3.05, 3.63) is 77.9 Å². The lowest BCUT2D eigenvalue weighted by Gasteiger charge is -2.34. The maximum Gasteiger partial charge on any atom is 0.343 e. The molecule has 0 spiro atoms. The van der Waals surface area contributed by atoms with Gasteiger partial charge in [0.2, 0.25) is 0 Å². The van der Waals surface area contributed by atoms with Crippen molar-refractivity contribution in [1.29, 1.82) is 5.26 Å². The molecule has 2 aromatic rings. The first-order valence-corrected chi connectivity index (χ1v) is 12.1. The fourth-order valence-corrected chi connectivity index (χ4v) is 4.97. The van der Waals surface area contributed by atoms with Crippen LogP contribution in [0.3, 0.4) is 0 Å². The highest BCUT2D eigenvalue weighted by molar-refractivity contribution is 5.91. The molecule has 0 saturated heterocycles. The maximum atomic E-state index is 12.5. The minimum atomic E-state index is -0.380. The average Bonchev–Trinajstić information content (AvgIpc) is 2.84. The molecule has 3 nitrogen and oxygen atoms in total. The Hall–Kier alpha value is -2.86. The summed E-state index contributed by atoms with van der Waals surface area (Å²) in [4.78, 5) is 12.5. The first-order valence-electron chi connectivity index (χ1n) is 12.1. The Kier molecular flexibility index (Phi) is 9.11. The number of unbranched alkanes of at least 4 members (excludes halogenated alkanes) is 2. The molecule has 168 valence electrons. The van der Waals surface area contributed by atoms with Crippen molar-refractivity contribution in [1.82, 2.24) is 0 Å². The standard InChI is InChI=1S/C29H35NO2/c1-3-5-6-8-22-9-13-24(14-10-22)28(7-4-2)25-15-17-26(18-16-25)29(31)32-27-19-11-23(21-30)12-20-27/h4,11-12,15-20,22,24,28H,2-3,5-10,13-14H2,1H3/t22-,24-,28?. The summed E-state index contributed by atoms with van der Waals surface area (Å²) in [6.45, 7) is 6.27. The number of carbonyl (C=O) groups excluding carboxylic acids is 1. The SMILES string of the molecule is C=CCC(c1ccc(C(=O)Oc2ccc(C#N)cc2)cc1)[C@H]1CC[C@H](CCCCC)CC1. The van der Waals surface area contributed by atoms with Gasteiger partial charge < -0.3 is 4.74 Å². The van der Waals surface area contributed by atoms with Crippen LogP contribution in [0.4, 0.5) is 0 Å². The Balaban J connectivity index is 1.60. The van der Waals surface area contributed by atoms with Crippen LogP contribution in [0.2, 0.25) is 0 Å². The van der Waals surface area contributed by atoms with Crippen LogP contribution in [-0.2, 0) is 0 Å². The molecule has 2 aromatic carbocycles. The van der Waals surface area contributed by atoms with E-state index in [1.165, 1.54) is 56.9 Å². The van der Waals surface area contributed by atoms with Gasteiger partial charge in [0.25, 0.3) is 0 Å². The van der Waals surface area contributed by atoms with E-state index in [9.17, 15) is 4.79 Å². The van der Waals surface area contributed by atoms with Crippen molar-refractivity contribution in [3.63, 3.8) is 0 Å². The molecular weight excluding hydrogens is 394 g/mol. The summed E-state index contributed by atoms with van der Waals surface area (Å²) in [7, 11) is 0. The zero-order valence-corrected chi connectivity index (χ0v) is 19.3. The van der Waals surface area contributed by atoms with Crippen LogP contribution >= 0.6 is 0 Å². The van der Waals surface area contributed by atoms with Crippen LogP contribution in [0.1, 0.15) is 92.1 Å². The molecular formula is C29H35NO2. The van der Waals surface area contributed by atoms with Gasteiger partial charge >= 0.3 is 5.97 Å². The highest BCUT2D eigenvalue weighted by Gasteiger charge is 2.28. The third kappa shape index (κ3) is 6.57. The third-order valence-corrected chi connectivity index (χ3v) is 6.87. The van der Waals surface area contributed by atoms with Crippen LogP contribution in [0.5, 0.6) is 5.75 Å². The number of allylic oxidation sites excluding steroid dienone is 1. The number of benzene rings is 2. The molecule has 1 aliphatic carbocycles. The Morgan fingerprint density at radius 1 is 1.09 bits per heavy atom. The Bertz CT molecular complexity index is 900. The number of esters is 1. The summed E-state index contributed by atoms with van der Waals surface area (Å²) in [5.74, 6) is 2.12. The Labute approximate surface area is 193 Å². The predicted octanol–water partition coefficient (Wildman–Crippen LogP) is 7.82. The lowest BCUT2D eigenvalue weighted by atomic mass is 9.71. The molecule has 1 saturated carbocycles. The van der Waals surface area contributed by atoms with E-state index < -0.39 is 0 Å². The minimum Gasteiger partial charge on any atom is -0.423 e. The lowest BCUT2D eigenvalue weighted by molar-refractivity contribution is 0.0734. The first kappa shape index (κ1) is 23.8. The zero-order chi connectivity index (χ0) is 22.8. The average molecular weight is 430 g/mol. The largest absolute Gasteiger partial charge is 0.423 e. The van der Waals surface area contributed by atoms with Gasteiger partial charge in [0, 0.05) is 0 Å². The summed E-state index contributed by atoms with van der Waals surface area (Å²) < 4.78 is 5.45. The molecule has 0 amide bonds. The predicted molar refractivity (Wildman–Crippen MR) is 130 cm³/mol. The van der Waals surface area contributed by atoms with E-state index in [1.807, 2.05) is 18.2 Å². The molecule has 0 aromatic heterocycles. The van der Waals surface area contributed by atoms with Gasteiger partial charge in [-0.15, -0.1) is 6.58 Å². The molecule has 3 heteroatoms. The number of carbonyl (C=O) groups is 1. The van der Waals surface area contributed by atoms with Crippen LogP contribution < -0.4 is 4.74 Å².